The second-order valence-corrected chi connectivity index (χ2v) is 21.6. The van der Waals surface area contributed by atoms with Crippen LogP contribution >= 0.6 is 7.82 Å². The second kappa shape index (κ2) is 56.4. The molecule has 3 unspecified atom stereocenters. The summed E-state index contributed by atoms with van der Waals surface area (Å²) in [6, 6.07) is 0. The highest BCUT2D eigenvalue weighted by Gasteiger charge is 2.28. The Morgan fingerprint density at radius 2 is 0.730 bits per heavy atom. The van der Waals surface area contributed by atoms with Crippen LogP contribution in [0.2, 0.25) is 0 Å². The number of hydrogen-bond donors (Lipinski definition) is 2. The molecule has 0 saturated carbocycles. The Morgan fingerprint density at radius 1 is 0.392 bits per heavy atom. The molecule has 0 aliphatic carbocycles. The fourth-order valence-electron chi connectivity index (χ4n) is 8.35. The third-order valence-electron chi connectivity index (χ3n) is 12.9. The van der Waals surface area contributed by atoms with E-state index in [0.29, 0.717) is 19.3 Å². The molecule has 0 radical (unpaired) electrons. The van der Waals surface area contributed by atoms with Crippen molar-refractivity contribution in [3.05, 3.63) is 60.8 Å². The van der Waals surface area contributed by atoms with E-state index in [1.165, 1.54) is 96.3 Å². The smallest absolute Gasteiger partial charge is 0.462 e. The molecule has 430 valence electrons. The lowest BCUT2D eigenvalue weighted by atomic mass is 10.0. The van der Waals surface area contributed by atoms with Gasteiger partial charge >= 0.3 is 25.7 Å². The van der Waals surface area contributed by atoms with Gasteiger partial charge in [0.2, 0.25) is 0 Å². The lowest BCUT2D eigenvalue weighted by Crippen LogP contribution is -2.30. The van der Waals surface area contributed by atoms with Crippen molar-refractivity contribution in [2.45, 2.75) is 290 Å². The first-order valence-electron chi connectivity index (χ1n) is 30.2. The average molecular weight is 1060 g/mol. The van der Waals surface area contributed by atoms with Crippen molar-refractivity contribution in [2.75, 3.05) is 26.4 Å². The van der Waals surface area contributed by atoms with Gasteiger partial charge in [0.15, 0.2) is 6.10 Å². The van der Waals surface area contributed by atoms with E-state index in [-0.39, 0.29) is 25.9 Å². The van der Waals surface area contributed by atoms with Gasteiger partial charge in [0.1, 0.15) is 12.7 Å². The van der Waals surface area contributed by atoms with Crippen LogP contribution in [-0.4, -0.2) is 66.5 Å². The van der Waals surface area contributed by atoms with Crippen molar-refractivity contribution in [1.29, 1.82) is 0 Å². The summed E-state index contributed by atoms with van der Waals surface area (Å²) < 4.78 is 39.6. The maximum absolute atomic E-state index is 12.9. The third-order valence-corrected chi connectivity index (χ3v) is 13.9. The molecule has 0 heterocycles. The molecule has 0 aliphatic heterocycles. The summed E-state index contributed by atoms with van der Waals surface area (Å²) in [7, 11) is -4.75. The SMILES string of the molecule is CC/C=C\C/C=C\C/C=C\CCCCCCCCCC(=O)OC(COC(=O)CCCCCCC/C=C\C/C=C\CCC)COP(=O)(O)OCC(CO)OC(=O)CCCCCCCCCCCCCCCCCCC. The Morgan fingerprint density at radius 3 is 1.14 bits per heavy atom. The van der Waals surface area contributed by atoms with Gasteiger partial charge in [0.05, 0.1) is 19.8 Å². The Hall–Kier alpha value is -2.82. The van der Waals surface area contributed by atoms with Crippen LogP contribution in [0.5, 0.6) is 0 Å². The molecule has 0 aromatic carbocycles. The monoisotopic (exact) mass is 1060 g/mol. The van der Waals surface area contributed by atoms with Gasteiger partial charge in [-0.15, -0.1) is 0 Å². The van der Waals surface area contributed by atoms with Crippen LogP contribution in [-0.2, 0) is 42.2 Å². The second-order valence-electron chi connectivity index (χ2n) is 20.1. The fourth-order valence-corrected chi connectivity index (χ4v) is 9.14. The van der Waals surface area contributed by atoms with E-state index in [9.17, 15) is 28.9 Å². The van der Waals surface area contributed by atoms with Gasteiger partial charge in [-0.1, -0.05) is 242 Å². The van der Waals surface area contributed by atoms with Gasteiger partial charge in [-0.25, -0.2) is 4.57 Å². The summed E-state index contributed by atoms with van der Waals surface area (Å²) >= 11 is 0. The van der Waals surface area contributed by atoms with Gasteiger partial charge in [-0.05, 0) is 77.0 Å². The van der Waals surface area contributed by atoms with Crippen LogP contribution in [0.15, 0.2) is 60.8 Å². The summed E-state index contributed by atoms with van der Waals surface area (Å²) in [6.07, 6.45) is 61.7. The van der Waals surface area contributed by atoms with Crippen LogP contribution in [0, 0.1) is 0 Å². The molecule has 0 rings (SSSR count). The first-order chi connectivity index (χ1) is 36.2. The van der Waals surface area contributed by atoms with Crippen LogP contribution in [0.25, 0.3) is 0 Å². The van der Waals surface area contributed by atoms with E-state index < -0.39 is 57.8 Å². The number of phosphoric ester groups is 1. The minimum atomic E-state index is -4.75. The lowest BCUT2D eigenvalue weighted by molar-refractivity contribution is -0.161. The number of aliphatic hydroxyl groups excluding tert-OH is 1. The van der Waals surface area contributed by atoms with E-state index >= 15 is 0 Å². The van der Waals surface area contributed by atoms with Crippen molar-refractivity contribution in [2.24, 2.45) is 0 Å². The van der Waals surface area contributed by atoms with E-state index in [1.54, 1.807) is 0 Å². The van der Waals surface area contributed by atoms with Crippen molar-refractivity contribution < 1.29 is 52.2 Å². The molecular formula is C62H111O11P. The van der Waals surface area contributed by atoms with Crippen molar-refractivity contribution in [3.8, 4) is 0 Å². The summed E-state index contributed by atoms with van der Waals surface area (Å²) in [5.74, 6) is -1.48. The number of carbonyl (C=O) groups excluding carboxylic acids is 3. The number of unbranched alkanes of at least 4 members (excludes halogenated alkanes) is 29. The summed E-state index contributed by atoms with van der Waals surface area (Å²) in [5.41, 5.74) is 0. The van der Waals surface area contributed by atoms with Crippen LogP contribution in [0.3, 0.4) is 0 Å². The molecule has 0 bridgehead atoms. The van der Waals surface area contributed by atoms with Crippen molar-refractivity contribution in [1.82, 2.24) is 0 Å². The highest BCUT2D eigenvalue weighted by Crippen LogP contribution is 2.43. The summed E-state index contributed by atoms with van der Waals surface area (Å²) in [4.78, 5) is 48.6. The Bertz CT molecular complexity index is 1470. The number of hydrogen-bond acceptors (Lipinski definition) is 10. The first kappa shape index (κ1) is 71.2. The van der Waals surface area contributed by atoms with Gasteiger partial charge < -0.3 is 24.2 Å². The lowest BCUT2D eigenvalue weighted by Gasteiger charge is -2.21. The highest BCUT2D eigenvalue weighted by atomic mass is 31.2. The van der Waals surface area contributed by atoms with Crippen LogP contribution < -0.4 is 0 Å². The Labute approximate surface area is 453 Å². The fraction of sp³-hybridized carbons (Fsp3) is 0.790. The zero-order valence-electron chi connectivity index (χ0n) is 47.6. The van der Waals surface area contributed by atoms with Crippen LogP contribution in [0.1, 0.15) is 278 Å². The molecule has 0 aromatic rings. The molecule has 0 amide bonds. The van der Waals surface area contributed by atoms with E-state index in [4.69, 9.17) is 23.3 Å². The number of esters is 3. The van der Waals surface area contributed by atoms with Gasteiger partial charge in [0, 0.05) is 19.3 Å². The molecule has 0 aliphatic rings. The quantitative estimate of drug-likeness (QED) is 0.0197. The number of allylic oxidation sites excluding steroid dienone is 10. The predicted octanol–water partition coefficient (Wildman–Crippen LogP) is 17.9. The maximum Gasteiger partial charge on any atom is 0.472 e. The Kier molecular flexibility index (Phi) is 54.2. The van der Waals surface area contributed by atoms with E-state index in [2.05, 4.69) is 81.5 Å². The Balaban J connectivity index is 4.68. The molecule has 0 spiro atoms. The minimum Gasteiger partial charge on any atom is -0.462 e. The third kappa shape index (κ3) is 54.0. The van der Waals surface area contributed by atoms with Gasteiger partial charge in [-0.3, -0.25) is 23.4 Å². The first-order valence-corrected chi connectivity index (χ1v) is 31.7. The molecule has 74 heavy (non-hydrogen) atoms. The molecule has 0 saturated heterocycles. The number of aliphatic hydroxyl groups is 1. The van der Waals surface area contributed by atoms with Crippen molar-refractivity contribution >= 4 is 25.7 Å². The minimum absolute atomic E-state index is 0.153. The number of rotatable bonds is 56. The van der Waals surface area contributed by atoms with Crippen molar-refractivity contribution in [3.63, 3.8) is 0 Å². The standard InChI is InChI=1S/C62H111O11P/c1-4-7-10-13-16-19-22-25-27-29-31-34-37-40-43-46-49-52-61(65)72-58(54-63)56-70-74(67,68)71-57-59(55-69-60(64)51-48-45-42-39-36-33-24-21-18-15-12-9-6-3)73-62(66)53-50-47-44-41-38-35-32-30-28-26-23-20-17-14-11-8-5-2/h8,11-12,15,17,20-21,24,26,28,58-59,63H,4-7,9-10,13-14,16,18-19,22-23,25,27,29-57H2,1-3H3,(H,67,68)/b11-8-,15-12-,20-17-,24-21-,28-26-. The molecular weight excluding hydrogens is 952 g/mol. The predicted molar refractivity (Wildman–Crippen MR) is 307 cm³/mol. The van der Waals surface area contributed by atoms with Gasteiger partial charge in [-0.2, -0.15) is 0 Å². The number of carbonyl (C=O) groups is 3. The maximum atomic E-state index is 12.9. The number of phosphoric acid groups is 1. The summed E-state index contributed by atoms with van der Waals surface area (Å²) in [6.45, 7) is 4.48. The molecule has 0 fully saturated rings. The largest absolute Gasteiger partial charge is 0.472 e. The molecule has 0 aromatic heterocycles. The zero-order valence-corrected chi connectivity index (χ0v) is 48.5. The molecule has 11 nitrogen and oxygen atoms in total. The zero-order chi connectivity index (χ0) is 54.1. The number of ether oxygens (including phenoxy) is 3. The van der Waals surface area contributed by atoms with Gasteiger partial charge in [0.25, 0.3) is 0 Å². The van der Waals surface area contributed by atoms with E-state index in [0.717, 1.165) is 122 Å². The van der Waals surface area contributed by atoms with E-state index in [1.807, 2.05) is 0 Å². The molecule has 12 heteroatoms. The highest BCUT2D eigenvalue weighted by molar-refractivity contribution is 7.47. The summed E-state index contributed by atoms with van der Waals surface area (Å²) in [5, 5.41) is 9.83. The molecule has 2 N–H and O–H groups in total. The van der Waals surface area contributed by atoms with Crippen LogP contribution in [0.4, 0.5) is 0 Å². The topological polar surface area (TPSA) is 155 Å². The molecule has 3 atom stereocenters. The average Bonchev–Trinajstić information content (AvgIpc) is 3.39. The normalized spacial score (nSPS) is 13.7.